The maximum Gasteiger partial charge on any atom is 0.169 e. The molecule has 0 bridgehead atoms. The molecule has 0 N–H and O–H groups in total. The summed E-state index contributed by atoms with van der Waals surface area (Å²) in [4.78, 5) is 14.7. The third-order valence-corrected chi connectivity index (χ3v) is 5.38. The Morgan fingerprint density at radius 2 is 2.05 bits per heavy atom. The van der Waals surface area contributed by atoms with Crippen molar-refractivity contribution in [3.8, 4) is 0 Å². The number of thiophene rings is 2. The smallest absolute Gasteiger partial charge is 0.169 e. The molecule has 0 aliphatic heterocycles. The Bertz CT molecular complexity index is 545. The molecular formula is C16H21NOS2. The summed E-state index contributed by atoms with van der Waals surface area (Å²) in [5, 5.41) is 6.45. The Labute approximate surface area is 129 Å². The van der Waals surface area contributed by atoms with Crippen LogP contribution in [-0.4, -0.2) is 16.7 Å². The van der Waals surface area contributed by atoms with Crippen LogP contribution in [0.4, 0.5) is 0 Å². The summed E-state index contributed by atoms with van der Waals surface area (Å²) >= 11 is 3.30. The van der Waals surface area contributed by atoms with Crippen LogP contribution in [0.3, 0.4) is 0 Å². The molecule has 0 spiro atoms. The zero-order chi connectivity index (χ0) is 14.5. The summed E-state index contributed by atoms with van der Waals surface area (Å²) in [6.45, 7) is 8.01. The van der Waals surface area contributed by atoms with E-state index in [1.165, 1.54) is 11.1 Å². The second-order valence-electron chi connectivity index (χ2n) is 5.17. The molecule has 2 rings (SSSR count). The van der Waals surface area contributed by atoms with E-state index >= 15 is 0 Å². The first-order valence-corrected chi connectivity index (χ1v) is 8.75. The van der Waals surface area contributed by atoms with Gasteiger partial charge in [0, 0.05) is 19.1 Å². The van der Waals surface area contributed by atoms with Gasteiger partial charge in [-0.15, -0.1) is 11.3 Å². The van der Waals surface area contributed by atoms with E-state index < -0.39 is 0 Å². The van der Waals surface area contributed by atoms with E-state index in [1.54, 1.807) is 29.6 Å². The van der Waals surface area contributed by atoms with Gasteiger partial charge in [-0.2, -0.15) is 11.3 Å². The molecule has 2 aromatic heterocycles. The molecule has 1 atom stereocenters. The van der Waals surface area contributed by atoms with E-state index in [2.05, 4.69) is 41.0 Å². The molecule has 0 saturated carbocycles. The summed E-state index contributed by atoms with van der Waals surface area (Å²) < 4.78 is 0. The minimum atomic E-state index is 0.161. The highest BCUT2D eigenvalue weighted by atomic mass is 32.1. The van der Waals surface area contributed by atoms with Crippen LogP contribution in [-0.2, 0) is 13.1 Å². The van der Waals surface area contributed by atoms with Gasteiger partial charge in [-0.25, -0.2) is 0 Å². The van der Waals surface area contributed by atoms with Gasteiger partial charge in [0.25, 0.3) is 0 Å². The van der Waals surface area contributed by atoms with E-state index in [0.717, 1.165) is 24.4 Å². The Morgan fingerprint density at radius 3 is 2.60 bits per heavy atom. The van der Waals surface area contributed by atoms with Gasteiger partial charge in [0.2, 0.25) is 0 Å². The second-order valence-corrected chi connectivity index (χ2v) is 6.86. The summed E-state index contributed by atoms with van der Waals surface area (Å²) in [6.07, 6.45) is 1.13. The highest BCUT2D eigenvalue weighted by molar-refractivity contribution is 7.12. The van der Waals surface area contributed by atoms with Crippen molar-refractivity contribution in [1.82, 2.24) is 4.90 Å². The number of hydrogen-bond donors (Lipinski definition) is 0. The van der Waals surface area contributed by atoms with Gasteiger partial charge < -0.3 is 0 Å². The van der Waals surface area contributed by atoms with Crippen LogP contribution >= 0.6 is 22.7 Å². The van der Waals surface area contributed by atoms with Crippen molar-refractivity contribution >= 4 is 28.5 Å². The minimum Gasteiger partial charge on any atom is -0.294 e. The fourth-order valence-electron chi connectivity index (χ4n) is 2.12. The minimum absolute atomic E-state index is 0.161. The van der Waals surface area contributed by atoms with Gasteiger partial charge in [0.15, 0.2) is 5.78 Å². The molecule has 0 aliphatic rings. The molecule has 0 aromatic carbocycles. The Morgan fingerprint density at radius 1 is 1.30 bits per heavy atom. The van der Waals surface area contributed by atoms with Crippen molar-refractivity contribution in [2.45, 2.75) is 46.3 Å². The molecule has 4 heteroatoms. The molecule has 20 heavy (non-hydrogen) atoms. The lowest BCUT2D eigenvalue weighted by Gasteiger charge is -2.27. The molecule has 0 amide bonds. The highest BCUT2D eigenvalue weighted by Crippen LogP contribution is 2.21. The van der Waals surface area contributed by atoms with Crippen LogP contribution < -0.4 is 0 Å². The highest BCUT2D eigenvalue weighted by Gasteiger charge is 2.15. The number of hydrogen-bond acceptors (Lipinski definition) is 4. The molecule has 2 aromatic rings. The zero-order valence-electron chi connectivity index (χ0n) is 12.3. The fourth-order valence-corrected chi connectivity index (χ4v) is 3.59. The average Bonchev–Trinajstić information content (AvgIpc) is 3.08. The van der Waals surface area contributed by atoms with E-state index in [9.17, 15) is 4.79 Å². The summed E-state index contributed by atoms with van der Waals surface area (Å²) in [5.41, 5.74) is 2.62. The molecular weight excluding hydrogens is 286 g/mol. The summed E-state index contributed by atoms with van der Waals surface area (Å²) in [5.74, 6) is 0.161. The third kappa shape index (κ3) is 4.01. The molecule has 2 nitrogen and oxygen atoms in total. The normalized spacial score (nSPS) is 12.8. The van der Waals surface area contributed by atoms with Gasteiger partial charge in [0.1, 0.15) is 0 Å². The number of rotatable bonds is 7. The Kier molecular flexibility index (Phi) is 5.52. The molecule has 108 valence electrons. The molecule has 1 unspecified atom stereocenters. The first-order valence-electron chi connectivity index (χ1n) is 6.93. The molecule has 0 saturated heterocycles. The average molecular weight is 307 g/mol. The lowest BCUT2D eigenvalue weighted by atomic mass is 10.1. The maximum atomic E-state index is 11.4. The van der Waals surface area contributed by atoms with Gasteiger partial charge in [0.05, 0.1) is 4.88 Å². The standard InChI is InChI=1S/C16H21NOS2/c1-4-12(2)17(8-14-5-6-19-10-14)9-15-7-16(13(3)18)20-11-15/h5-7,10-12H,4,8-9H2,1-3H3. The Hall–Kier alpha value is -0.970. The quantitative estimate of drug-likeness (QED) is 0.684. The lowest BCUT2D eigenvalue weighted by Crippen LogP contribution is -2.31. The predicted molar refractivity (Wildman–Crippen MR) is 87.6 cm³/mol. The fraction of sp³-hybridized carbons (Fsp3) is 0.438. The number of nitrogens with zero attached hydrogens (tertiary/aromatic N) is 1. The number of carbonyl (C=O) groups is 1. The first-order chi connectivity index (χ1) is 9.60. The number of Topliss-reactive ketones (excluding diaryl/α,β-unsaturated/α-hetero) is 1. The van der Waals surface area contributed by atoms with E-state index in [0.29, 0.717) is 6.04 Å². The lowest BCUT2D eigenvalue weighted by molar-refractivity contribution is 0.102. The molecule has 0 aliphatic carbocycles. The first kappa shape index (κ1) is 15.4. The van der Waals surface area contributed by atoms with Gasteiger partial charge >= 0.3 is 0 Å². The zero-order valence-corrected chi connectivity index (χ0v) is 13.9. The van der Waals surface area contributed by atoms with Gasteiger partial charge in [-0.3, -0.25) is 9.69 Å². The van der Waals surface area contributed by atoms with Crippen LogP contribution in [0, 0.1) is 0 Å². The molecule has 0 radical (unpaired) electrons. The van der Waals surface area contributed by atoms with Gasteiger partial charge in [-0.1, -0.05) is 6.92 Å². The van der Waals surface area contributed by atoms with E-state index in [4.69, 9.17) is 0 Å². The van der Waals surface area contributed by atoms with Crippen molar-refractivity contribution in [3.63, 3.8) is 0 Å². The second kappa shape index (κ2) is 7.16. The van der Waals surface area contributed by atoms with Gasteiger partial charge in [-0.05, 0) is 59.7 Å². The summed E-state index contributed by atoms with van der Waals surface area (Å²) in [6, 6.07) is 4.76. The maximum absolute atomic E-state index is 11.4. The van der Waals surface area contributed by atoms with Crippen LogP contribution in [0.2, 0.25) is 0 Å². The number of carbonyl (C=O) groups excluding carboxylic acids is 1. The summed E-state index contributed by atoms with van der Waals surface area (Å²) in [7, 11) is 0. The van der Waals surface area contributed by atoms with Crippen LogP contribution in [0.25, 0.3) is 0 Å². The van der Waals surface area contributed by atoms with Crippen molar-refractivity contribution < 1.29 is 4.79 Å². The largest absolute Gasteiger partial charge is 0.294 e. The number of ketones is 1. The SMILES string of the molecule is CCC(C)N(Cc1ccsc1)Cc1csc(C(C)=O)c1. The molecule has 0 fully saturated rings. The van der Waals surface area contributed by atoms with Crippen LogP contribution in [0.1, 0.15) is 48.0 Å². The molecule has 2 heterocycles. The topological polar surface area (TPSA) is 20.3 Å². The van der Waals surface area contributed by atoms with Crippen LogP contribution in [0.5, 0.6) is 0 Å². The van der Waals surface area contributed by atoms with E-state index in [1.807, 2.05) is 6.07 Å². The van der Waals surface area contributed by atoms with Crippen molar-refractivity contribution in [3.05, 3.63) is 44.3 Å². The van der Waals surface area contributed by atoms with Crippen molar-refractivity contribution in [1.29, 1.82) is 0 Å². The van der Waals surface area contributed by atoms with Crippen molar-refractivity contribution in [2.24, 2.45) is 0 Å². The van der Waals surface area contributed by atoms with Crippen LogP contribution in [0.15, 0.2) is 28.3 Å². The predicted octanol–water partition coefficient (Wildman–Crippen LogP) is 4.81. The Balaban J connectivity index is 2.08. The third-order valence-electron chi connectivity index (χ3n) is 3.57. The van der Waals surface area contributed by atoms with E-state index in [-0.39, 0.29) is 5.78 Å². The monoisotopic (exact) mass is 307 g/mol. The van der Waals surface area contributed by atoms with Crippen molar-refractivity contribution in [2.75, 3.05) is 0 Å².